The maximum Gasteiger partial charge on any atom is -0.0184 e. The molecule has 2 aromatic rings. The minimum absolute atomic E-state index is 0. The van der Waals surface area contributed by atoms with Gasteiger partial charge in [-0.25, -0.2) is 0 Å². The lowest BCUT2D eigenvalue weighted by Gasteiger charge is -1.92. The fourth-order valence-corrected chi connectivity index (χ4v) is 1.13. The minimum Gasteiger partial charge on any atom is -0.344 e. The quantitative estimate of drug-likeness (QED) is 0.607. The van der Waals surface area contributed by atoms with Gasteiger partial charge in [-0.15, -0.1) is 0 Å². The lowest BCUT2D eigenvalue weighted by atomic mass is 10.1. The van der Waals surface area contributed by atoms with Gasteiger partial charge in [0.1, 0.15) is 0 Å². The summed E-state index contributed by atoms with van der Waals surface area (Å²) >= 11 is 0. The fraction of sp³-hybridized carbons (Fsp3) is 0. The third-order valence-corrected chi connectivity index (χ3v) is 1.66. The topological polar surface area (TPSA) is 35.0 Å². The standard InChI is InChI=1S/C10H8.H3N/c1-2-6-10-8-4-3-7-9(10)5-1;/h1-8H;1H3. The van der Waals surface area contributed by atoms with Gasteiger partial charge in [0.15, 0.2) is 0 Å². The SMILES string of the molecule is N.c1ccc2ccccc2c1. The Balaban J connectivity index is 0.000000605. The molecule has 0 unspecified atom stereocenters. The molecule has 0 spiro atoms. The zero-order valence-corrected chi connectivity index (χ0v) is 6.33. The number of benzene rings is 2. The van der Waals surface area contributed by atoms with Gasteiger partial charge in [0.2, 0.25) is 0 Å². The Morgan fingerprint density at radius 2 is 0.818 bits per heavy atom. The zero-order chi connectivity index (χ0) is 6.81. The molecule has 56 valence electrons. The van der Waals surface area contributed by atoms with Crippen molar-refractivity contribution in [3.63, 3.8) is 0 Å². The summed E-state index contributed by atoms with van der Waals surface area (Å²) in [6.45, 7) is 0. The van der Waals surface area contributed by atoms with Gasteiger partial charge in [-0.2, -0.15) is 0 Å². The Hall–Kier alpha value is -1.34. The summed E-state index contributed by atoms with van der Waals surface area (Å²) in [5.41, 5.74) is 0. The molecule has 11 heavy (non-hydrogen) atoms. The molecule has 1 heteroatoms. The van der Waals surface area contributed by atoms with Crippen molar-refractivity contribution in [1.82, 2.24) is 6.15 Å². The molecular weight excluding hydrogens is 134 g/mol. The predicted octanol–water partition coefficient (Wildman–Crippen LogP) is 3.00. The second kappa shape index (κ2) is 3.17. The molecule has 0 saturated heterocycles. The van der Waals surface area contributed by atoms with E-state index in [-0.39, 0.29) is 6.15 Å². The van der Waals surface area contributed by atoms with E-state index in [1.807, 2.05) is 0 Å². The van der Waals surface area contributed by atoms with Crippen LogP contribution in [0.5, 0.6) is 0 Å². The third kappa shape index (κ3) is 1.38. The highest BCUT2D eigenvalue weighted by molar-refractivity contribution is 5.81. The molecule has 0 amide bonds. The predicted molar refractivity (Wildman–Crippen MR) is 49.0 cm³/mol. The highest BCUT2D eigenvalue weighted by atomic mass is 14.0. The first-order valence-electron chi connectivity index (χ1n) is 3.40. The number of rotatable bonds is 0. The van der Waals surface area contributed by atoms with Crippen molar-refractivity contribution >= 4 is 10.8 Å². The first-order chi connectivity index (χ1) is 4.97. The molecule has 2 aromatic carbocycles. The van der Waals surface area contributed by atoms with Crippen LogP contribution in [0.3, 0.4) is 0 Å². The fourth-order valence-electron chi connectivity index (χ4n) is 1.13. The number of hydrogen-bond acceptors (Lipinski definition) is 1. The van der Waals surface area contributed by atoms with Gasteiger partial charge in [-0.1, -0.05) is 48.5 Å². The van der Waals surface area contributed by atoms with Crippen LogP contribution >= 0.6 is 0 Å². The molecule has 3 N–H and O–H groups in total. The van der Waals surface area contributed by atoms with Crippen LogP contribution in [-0.2, 0) is 0 Å². The summed E-state index contributed by atoms with van der Waals surface area (Å²) in [6.07, 6.45) is 0. The Bertz CT molecular complexity index is 276. The van der Waals surface area contributed by atoms with Crippen LogP contribution in [0.4, 0.5) is 0 Å². The molecule has 0 saturated carbocycles. The second-order valence-corrected chi connectivity index (χ2v) is 2.35. The van der Waals surface area contributed by atoms with Crippen molar-refractivity contribution in [3.8, 4) is 0 Å². The molecular formula is C10H11N. The van der Waals surface area contributed by atoms with Crippen LogP contribution in [0.15, 0.2) is 48.5 Å². The van der Waals surface area contributed by atoms with E-state index >= 15 is 0 Å². The van der Waals surface area contributed by atoms with Crippen LogP contribution in [0, 0.1) is 0 Å². The maximum absolute atomic E-state index is 2.12. The van der Waals surface area contributed by atoms with Gasteiger partial charge in [0, 0.05) is 0 Å². The van der Waals surface area contributed by atoms with Crippen LogP contribution in [0.25, 0.3) is 10.8 Å². The van der Waals surface area contributed by atoms with Gasteiger partial charge >= 0.3 is 0 Å². The summed E-state index contributed by atoms with van der Waals surface area (Å²) < 4.78 is 0. The van der Waals surface area contributed by atoms with E-state index in [0.717, 1.165) is 0 Å². The highest BCUT2D eigenvalue weighted by Crippen LogP contribution is 2.11. The molecule has 0 aliphatic heterocycles. The summed E-state index contributed by atoms with van der Waals surface area (Å²) in [5, 5.41) is 2.62. The molecule has 0 heterocycles. The Morgan fingerprint density at radius 1 is 0.545 bits per heavy atom. The Kier molecular flexibility index (Phi) is 2.24. The largest absolute Gasteiger partial charge is 0.344 e. The average molecular weight is 145 g/mol. The van der Waals surface area contributed by atoms with E-state index in [9.17, 15) is 0 Å². The van der Waals surface area contributed by atoms with E-state index in [1.165, 1.54) is 10.8 Å². The van der Waals surface area contributed by atoms with E-state index in [4.69, 9.17) is 0 Å². The average Bonchev–Trinajstić information content (AvgIpc) is 2.05. The summed E-state index contributed by atoms with van der Waals surface area (Å²) in [5.74, 6) is 0. The molecule has 0 aromatic heterocycles. The molecule has 0 aliphatic rings. The lowest BCUT2D eigenvalue weighted by molar-refractivity contribution is 1.75. The Morgan fingerprint density at radius 3 is 1.09 bits per heavy atom. The summed E-state index contributed by atoms with van der Waals surface area (Å²) in [7, 11) is 0. The maximum atomic E-state index is 2.12. The first kappa shape index (κ1) is 7.76. The number of hydrogen-bond donors (Lipinski definition) is 1. The highest BCUT2D eigenvalue weighted by Gasteiger charge is 1.85. The van der Waals surface area contributed by atoms with Crippen molar-refractivity contribution in [2.75, 3.05) is 0 Å². The van der Waals surface area contributed by atoms with E-state index < -0.39 is 0 Å². The molecule has 0 aliphatic carbocycles. The first-order valence-corrected chi connectivity index (χ1v) is 3.40. The summed E-state index contributed by atoms with van der Waals surface area (Å²) in [4.78, 5) is 0. The van der Waals surface area contributed by atoms with Crippen molar-refractivity contribution in [1.29, 1.82) is 0 Å². The van der Waals surface area contributed by atoms with E-state index in [2.05, 4.69) is 48.5 Å². The monoisotopic (exact) mass is 145 g/mol. The Labute approximate surface area is 66.2 Å². The van der Waals surface area contributed by atoms with Crippen molar-refractivity contribution in [2.24, 2.45) is 0 Å². The number of fused-ring (bicyclic) bond motifs is 1. The van der Waals surface area contributed by atoms with Crippen molar-refractivity contribution in [2.45, 2.75) is 0 Å². The van der Waals surface area contributed by atoms with Gasteiger partial charge in [-0.05, 0) is 10.8 Å². The van der Waals surface area contributed by atoms with Gasteiger partial charge in [0.05, 0.1) is 0 Å². The van der Waals surface area contributed by atoms with Crippen LogP contribution in [0.2, 0.25) is 0 Å². The summed E-state index contributed by atoms with van der Waals surface area (Å²) in [6, 6.07) is 16.7. The molecule has 0 bridgehead atoms. The second-order valence-electron chi connectivity index (χ2n) is 2.35. The molecule has 0 fully saturated rings. The normalized spacial score (nSPS) is 9.09. The third-order valence-electron chi connectivity index (χ3n) is 1.66. The van der Waals surface area contributed by atoms with Crippen molar-refractivity contribution in [3.05, 3.63) is 48.5 Å². The van der Waals surface area contributed by atoms with Crippen LogP contribution < -0.4 is 6.15 Å². The van der Waals surface area contributed by atoms with Gasteiger partial charge in [-0.3, -0.25) is 0 Å². The molecule has 0 atom stereocenters. The van der Waals surface area contributed by atoms with Crippen LogP contribution in [-0.4, -0.2) is 0 Å². The zero-order valence-electron chi connectivity index (χ0n) is 6.33. The van der Waals surface area contributed by atoms with Crippen molar-refractivity contribution < 1.29 is 0 Å². The van der Waals surface area contributed by atoms with Crippen LogP contribution in [0.1, 0.15) is 0 Å². The molecule has 2 rings (SSSR count). The van der Waals surface area contributed by atoms with E-state index in [1.54, 1.807) is 0 Å². The van der Waals surface area contributed by atoms with E-state index in [0.29, 0.717) is 0 Å². The lowest BCUT2D eigenvalue weighted by Crippen LogP contribution is -1.67. The van der Waals surface area contributed by atoms with Gasteiger partial charge < -0.3 is 6.15 Å². The smallest absolute Gasteiger partial charge is 0.0184 e. The molecule has 0 radical (unpaired) electrons. The minimum atomic E-state index is 0. The van der Waals surface area contributed by atoms with Gasteiger partial charge in [0.25, 0.3) is 0 Å². The molecule has 1 nitrogen and oxygen atoms in total.